The average Bonchev–Trinajstić information content (AvgIpc) is 2.34. The number of nitrogens with zero attached hydrogens (tertiary/aromatic N) is 1. The highest BCUT2D eigenvalue weighted by molar-refractivity contribution is 5.51. The first kappa shape index (κ1) is 13.5. The highest BCUT2D eigenvalue weighted by Crippen LogP contribution is 2.13. The minimum absolute atomic E-state index is 0.730. The van der Waals surface area contributed by atoms with Crippen molar-refractivity contribution in [1.29, 1.82) is 5.26 Å². The minimum atomic E-state index is 0.730. The van der Waals surface area contributed by atoms with Crippen molar-refractivity contribution in [2.45, 2.75) is 6.92 Å². The third kappa shape index (κ3) is 4.85. The Morgan fingerprint density at radius 2 is 2.12 bits per heavy atom. The maximum atomic E-state index is 8.81. The molecule has 0 atom stereocenters. The largest absolute Gasteiger partial charge is 0.384 e. The molecule has 0 heterocycles. The SMILES string of the molecule is COCCNCCNc1ccc(C#N)c(C)c1. The van der Waals surface area contributed by atoms with Crippen LogP contribution in [0.15, 0.2) is 18.2 Å². The molecule has 0 aromatic heterocycles. The van der Waals surface area contributed by atoms with Gasteiger partial charge in [0.1, 0.15) is 0 Å². The molecular weight excluding hydrogens is 214 g/mol. The summed E-state index contributed by atoms with van der Waals surface area (Å²) in [6, 6.07) is 7.93. The molecule has 0 saturated heterocycles. The Kier molecular flexibility index (Phi) is 6.08. The van der Waals surface area contributed by atoms with Gasteiger partial charge in [0.15, 0.2) is 0 Å². The number of methoxy groups -OCH3 is 1. The van der Waals surface area contributed by atoms with Crippen molar-refractivity contribution >= 4 is 5.69 Å². The van der Waals surface area contributed by atoms with Crippen molar-refractivity contribution in [1.82, 2.24) is 5.32 Å². The summed E-state index contributed by atoms with van der Waals surface area (Å²) in [5.74, 6) is 0. The van der Waals surface area contributed by atoms with Crippen LogP contribution in [0, 0.1) is 18.3 Å². The lowest BCUT2D eigenvalue weighted by molar-refractivity contribution is 0.200. The van der Waals surface area contributed by atoms with E-state index in [0.717, 1.165) is 43.1 Å². The zero-order valence-corrected chi connectivity index (χ0v) is 10.4. The molecule has 0 aliphatic rings. The Balaban J connectivity index is 2.28. The molecule has 2 N–H and O–H groups in total. The second kappa shape index (κ2) is 7.66. The van der Waals surface area contributed by atoms with Crippen LogP contribution in [0.25, 0.3) is 0 Å². The molecule has 0 aliphatic carbocycles. The number of hydrogen-bond acceptors (Lipinski definition) is 4. The molecule has 4 heteroatoms. The number of aryl methyl sites for hydroxylation is 1. The van der Waals surface area contributed by atoms with E-state index in [9.17, 15) is 0 Å². The molecule has 1 aromatic carbocycles. The minimum Gasteiger partial charge on any atom is -0.384 e. The van der Waals surface area contributed by atoms with Crippen LogP contribution in [0.1, 0.15) is 11.1 Å². The maximum absolute atomic E-state index is 8.81. The summed E-state index contributed by atoms with van der Waals surface area (Å²) in [5, 5.41) is 15.4. The number of nitriles is 1. The zero-order chi connectivity index (χ0) is 12.5. The van der Waals surface area contributed by atoms with Crippen LogP contribution in [0.3, 0.4) is 0 Å². The van der Waals surface area contributed by atoms with E-state index in [1.807, 2.05) is 25.1 Å². The van der Waals surface area contributed by atoms with Gasteiger partial charge in [-0.3, -0.25) is 0 Å². The quantitative estimate of drug-likeness (QED) is 0.701. The summed E-state index contributed by atoms with van der Waals surface area (Å²) in [6.45, 7) is 5.29. The second-order valence-electron chi connectivity index (χ2n) is 3.81. The first-order valence-corrected chi connectivity index (χ1v) is 5.72. The Morgan fingerprint density at radius 1 is 1.29 bits per heavy atom. The van der Waals surface area contributed by atoms with E-state index >= 15 is 0 Å². The fraction of sp³-hybridized carbons (Fsp3) is 0.462. The topological polar surface area (TPSA) is 57.1 Å². The van der Waals surface area contributed by atoms with Crippen LogP contribution in [-0.2, 0) is 4.74 Å². The number of hydrogen-bond donors (Lipinski definition) is 2. The highest BCUT2D eigenvalue weighted by atomic mass is 16.5. The Labute approximate surface area is 103 Å². The van der Waals surface area contributed by atoms with Crippen LogP contribution in [0.2, 0.25) is 0 Å². The molecule has 17 heavy (non-hydrogen) atoms. The van der Waals surface area contributed by atoms with Crippen molar-refractivity contribution in [3.8, 4) is 6.07 Å². The van der Waals surface area contributed by atoms with E-state index in [4.69, 9.17) is 10.00 Å². The standard InChI is InChI=1S/C13H19N3O/c1-11-9-13(4-3-12(11)10-14)16-6-5-15-7-8-17-2/h3-4,9,15-16H,5-8H2,1-2H3. The summed E-state index contributed by atoms with van der Waals surface area (Å²) in [4.78, 5) is 0. The summed E-state index contributed by atoms with van der Waals surface area (Å²) in [6.07, 6.45) is 0. The Morgan fingerprint density at radius 3 is 2.76 bits per heavy atom. The fourth-order valence-electron chi connectivity index (χ4n) is 1.49. The van der Waals surface area contributed by atoms with Gasteiger partial charge in [-0.2, -0.15) is 5.26 Å². The first-order valence-electron chi connectivity index (χ1n) is 5.72. The summed E-state index contributed by atoms with van der Waals surface area (Å²) < 4.78 is 4.93. The van der Waals surface area contributed by atoms with Crippen LogP contribution in [0.4, 0.5) is 5.69 Å². The van der Waals surface area contributed by atoms with Gasteiger partial charge in [0.05, 0.1) is 18.2 Å². The van der Waals surface area contributed by atoms with E-state index in [0.29, 0.717) is 0 Å². The van der Waals surface area contributed by atoms with E-state index in [1.165, 1.54) is 0 Å². The molecular formula is C13H19N3O. The maximum Gasteiger partial charge on any atom is 0.0994 e. The Hall–Kier alpha value is -1.57. The third-order valence-electron chi connectivity index (χ3n) is 2.46. The number of anilines is 1. The monoisotopic (exact) mass is 233 g/mol. The molecule has 0 aliphatic heterocycles. The zero-order valence-electron chi connectivity index (χ0n) is 10.4. The van der Waals surface area contributed by atoms with Gasteiger partial charge >= 0.3 is 0 Å². The van der Waals surface area contributed by atoms with Gasteiger partial charge in [-0.25, -0.2) is 0 Å². The van der Waals surface area contributed by atoms with E-state index in [1.54, 1.807) is 7.11 Å². The number of benzene rings is 1. The lowest BCUT2D eigenvalue weighted by atomic mass is 10.1. The lowest BCUT2D eigenvalue weighted by Gasteiger charge is -2.08. The second-order valence-corrected chi connectivity index (χ2v) is 3.81. The van der Waals surface area contributed by atoms with Gasteiger partial charge in [0.2, 0.25) is 0 Å². The molecule has 1 rings (SSSR count). The summed E-state index contributed by atoms with van der Waals surface area (Å²) in [7, 11) is 1.69. The molecule has 0 fully saturated rings. The normalized spacial score (nSPS) is 9.94. The van der Waals surface area contributed by atoms with Crippen molar-refractivity contribution in [3.05, 3.63) is 29.3 Å². The molecule has 4 nitrogen and oxygen atoms in total. The number of rotatable bonds is 7. The van der Waals surface area contributed by atoms with Gasteiger partial charge in [-0.1, -0.05) is 0 Å². The van der Waals surface area contributed by atoms with Crippen molar-refractivity contribution in [2.24, 2.45) is 0 Å². The molecule has 1 aromatic rings. The van der Waals surface area contributed by atoms with E-state index < -0.39 is 0 Å². The van der Waals surface area contributed by atoms with Gasteiger partial charge < -0.3 is 15.4 Å². The molecule has 0 unspecified atom stereocenters. The van der Waals surface area contributed by atoms with Crippen molar-refractivity contribution in [2.75, 3.05) is 38.7 Å². The number of ether oxygens (including phenoxy) is 1. The lowest BCUT2D eigenvalue weighted by Crippen LogP contribution is -2.25. The van der Waals surface area contributed by atoms with Crippen LogP contribution >= 0.6 is 0 Å². The molecule has 0 amide bonds. The average molecular weight is 233 g/mol. The van der Waals surface area contributed by atoms with Gasteiger partial charge in [0.25, 0.3) is 0 Å². The first-order chi connectivity index (χ1) is 8.27. The summed E-state index contributed by atoms with van der Waals surface area (Å²) in [5.41, 5.74) is 2.79. The van der Waals surface area contributed by atoms with Gasteiger partial charge in [0, 0.05) is 32.4 Å². The smallest absolute Gasteiger partial charge is 0.0994 e. The molecule has 0 radical (unpaired) electrons. The Bertz CT molecular complexity index is 385. The predicted molar refractivity (Wildman–Crippen MR) is 69.1 cm³/mol. The van der Waals surface area contributed by atoms with Crippen molar-refractivity contribution < 1.29 is 4.74 Å². The molecule has 92 valence electrons. The molecule has 0 saturated carbocycles. The van der Waals surface area contributed by atoms with Crippen LogP contribution < -0.4 is 10.6 Å². The molecule has 0 bridgehead atoms. The van der Waals surface area contributed by atoms with Gasteiger partial charge in [-0.15, -0.1) is 0 Å². The third-order valence-corrected chi connectivity index (χ3v) is 2.46. The van der Waals surface area contributed by atoms with Crippen LogP contribution in [0.5, 0.6) is 0 Å². The molecule has 0 spiro atoms. The number of nitrogens with one attached hydrogen (secondary N) is 2. The predicted octanol–water partition coefficient (Wildman–Crippen LogP) is 1.51. The van der Waals surface area contributed by atoms with Crippen LogP contribution in [-0.4, -0.2) is 33.4 Å². The van der Waals surface area contributed by atoms with Crippen molar-refractivity contribution in [3.63, 3.8) is 0 Å². The summed E-state index contributed by atoms with van der Waals surface area (Å²) >= 11 is 0. The fourth-order valence-corrected chi connectivity index (χ4v) is 1.49. The van der Waals surface area contributed by atoms with E-state index in [-0.39, 0.29) is 0 Å². The van der Waals surface area contributed by atoms with Gasteiger partial charge in [-0.05, 0) is 30.7 Å². The highest BCUT2D eigenvalue weighted by Gasteiger charge is 1.98. The van der Waals surface area contributed by atoms with E-state index in [2.05, 4.69) is 16.7 Å².